The van der Waals surface area contributed by atoms with Crippen LogP contribution in [-0.2, 0) is 32.1 Å². The number of β-amino-alcohol motifs (C(OH)–C–C–N with tert-alkyl or cyclic N) is 1. The lowest BCUT2D eigenvalue weighted by atomic mass is 9.95. The molecular weight excluding hydrogens is 524 g/mol. The molecule has 41 heavy (non-hydrogen) atoms. The van der Waals surface area contributed by atoms with Gasteiger partial charge in [0.15, 0.2) is 5.79 Å². The summed E-state index contributed by atoms with van der Waals surface area (Å²) < 4.78 is 11.2. The Kier molecular flexibility index (Phi) is 12.1. The Morgan fingerprint density at radius 2 is 1.63 bits per heavy atom. The molecule has 3 unspecified atom stereocenters. The van der Waals surface area contributed by atoms with Gasteiger partial charge in [0.2, 0.25) is 11.8 Å². The molecule has 0 spiro atoms. The predicted octanol–water partition coefficient (Wildman–Crippen LogP) is 2.50. The van der Waals surface area contributed by atoms with Crippen LogP contribution in [-0.4, -0.2) is 66.6 Å². The van der Waals surface area contributed by atoms with E-state index in [1.165, 1.54) is 0 Å². The van der Waals surface area contributed by atoms with E-state index in [0.717, 1.165) is 17.5 Å². The number of hydrogen-bond acceptors (Lipinski definition) is 7. The second-order valence-electron chi connectivity index (χ2n) is 11.2. The highest BCUT2D eigenvalue weighted by molar-refractivity contribution is 5.86. The minimum atomic E-state index is -1.80. The molecular formula is C31H44N4O6. The zero-order valence-corrected chi connectivity index (χ0v) is 24.4. The van der Waals surface area contributed by atoms with Crippen molar-refractivity contribution in [2.24, 2.45) is 11.8 Å². The predicted molar refractivity (Wildman–Crippen MR) is 156 cm³/mol. The van der Waals surface area contributed by atoms with E-state index < -0.39 is 35.9 Å². The lowest BCUT2D eigenvalue weighted by Crippen LogP contribution is -2.68. The maximum absolute atomic E-state index is 13.5. The summed E-state index contributed by atoms with van der Waals surface area (Å²) in [6.07, 6.45) is 0.404. The Hall–Kier alpha value is -3.47. The fourth-order valence-electron chi connectivity index (χ4n) is 4.47. The van der Waals surface area contributed by atoms with Gasteiger partial charge in [0.1, 0.15) is 18.7 Å². The van der Waals surface area contributed by atoms with Crippen LogP contribution in [0.4, 0.5) is 4.79 Å². The maximum Gasteiger partial charge on any atom is 0.408 e. The van der Waals surface area contributed by atoms with Crippen molar-refractivity contribution in [2.45, 2.75) is 71.1 Å². The number of aliphatic hydroxyl groups is 1. The van der Waals surface area contributed by atoms with Crippen molar-refractivity contribution < 1.29 is 29.0 Å². The topological polar surface area (TPSA) is 138 Å². The first-order valence-electron chi connectivity index (χ1n) is 14.3. The second kappa shape index (κ2) is 15.5. The van der Waals surface area contributed by atoms with Crippen LogP contribution < -0.4 is 21.3 Å². The highest BCUT2D eigenvalue weighted by Gasteiger charge is 2.44. The van der Waals surface area contributed by atoms with Gasteiger partial charge in [-0.2, -0.15) is 0 Å². The van der Waals surface area contributed by atoms with Gasteiger partial charge < -0.3 is 30.5 Å². The van der Waals surface area contributed by atoms with Gasteiger partial charge in [0, 0.05) is 6.54 Å². The largest absolute Gasteiger partial charge is 0.445 e. The Balaban J connectivity index is 1.66. The molecule has 10 nitrogen and oxygen atoms in total. The van der Waals surface area contributed by atoms with Crippen LogP contribution >= 0.6 is 0 Å². The number of alkyl carbamates (subject to hydrolysis) is 1. The molecule has 0 aliphatic carbocycles. The smallest absolute Gasteiger partial charge is 0.408 e. The average Bonchev–Trinajstić information content (AvgIpc) is 2.95. The maximum atomic E-state index is 13.5. The molecule has 0 radical (unpaired) electrons. The van der Waals surface area contributed by atoms with Crippen molar-refractivity contribution in [2.75, 3.05) is 19.7 Å². The molecule has 4 atom stereocenters. The van der Waals surface area contributed by atoms with Crippen molar-refractivity contribution in [1.29, 1.82) is 0 Å². The van der Waals surface area contributed by atoms with Crippen LogP contribution in [0.2, 0.25) is 0 Å². The summed E-state index contributed by atoms with van der Waals surface area (Å²) in [4.78, 5) is 38.6. The van der Waals surface area contributed by atoms with Gasteiger partial charge in [-0.15, -0.1) is 0 Å². The average molecular weight is 569 g/mol. The molecule has 1 fully saturated rings. The summed E-state index contributed by atoms with van der Waals surface area (Å²) in [5.41, 5.74) is 1.70. The van der Waals surface area contributed by atoms with Gasteiger partial charge in [0.25, 0.3) is 0 Å². The van der Waals surface area contributed by atoms with E-state index in [-0.39, 0.29) is 38.0 Å². The van der Waals surface area contributed by atoms with E-state index in [1.807, 2.05) is 74.5 Å². The first-order valence-corrected chi connectivity index (χ1v) is 14.3. The van der Waals surface area contributed by atoms with Crippen LogP contribution in [0.3, 0.4) is 0 Å². The molecule has 0 bridgehead atoms. The monoisotopic (exact) mass is 568 g/mol. The molecule has 1 heterocycles. The molecule has 2 aromatic carbocycles. The number of ether oxygens (including phenoxy) is 2. The SMILES string of the molecule is CC(C)CCNC(=O)C1COC(O)(C(Cc2ccccc2)NC(=O)[C@@H](NC(=O)OCc2ccccc2)C(C)C)CN1. The molecule has 224 valence electrons. The summed E-state index contributed by atoms with van der Waals surface area (Å²) in [5.74, 6) is -2.28. The van der Waals surface area contributed by atoms with Gasteiger partial charge >= 0.3 is 6.09 Å². The van der Waals surface area contributed by atoms with Gasteiger partial charge in [-0.05, 0) is 35.8 Å². The van der Waals surface area contributed by atoms with Crippen LogP contribution in [0.1, 0.15) is 45.2 Å². The first kappa shape index (κ1) is 32.0. The Morgan fingerprint density at radius 3 is 2.20 bits per heavy atom. The zero-order valence-electron chi connectivity index (χ0n) is 24.4. The third-order valence-corrected chi connectivity index (χ3v) is 7.02. The highest BCUT2D eigenvalue weighted by Crippen LogP contribution is 2.21. The van der Waals surface area contributed by atoms with Crippen LogP contribution in [0.5, 0.6) is 0 Å². The Labute approximate surface area is 242 Å². The molecule has 1 aliphatic heterocycles. The molecule has 2 aromatic rings. The number of nitrogens with one attached hydrogen (secondary N) is 4. The van der Waals surface area contributed by atoms with Gasteiger partial charge in [-0.3, -0.25) is 14.9 Å². The van der Waals surface area contributed by atoms with Crippen LogP contribution in [0, 0.1) is 11.8 Å². The number of benzene rings is 2. The van der Waals surface area contributed by atoms with Gasteiger partial charge in [0.05, 0.1) is 19.2 Å². The lowest BCUT2D eigenvalue weighted by molar-refractivity contribution is -0.238. The summed E-state index contributed by atoms with van der Waals surface area (Å²) in [7, 11) is 0. The number of carbonyl (C=O) groups is 3. The highest BCUT2D eigenvalue weighted by atomic mass is 16.6. The molecule has 1 aliphatic rings. The fourth-order valence-corrected chi connectivity index (χ4v) is 4.47. The van der Waals surface area contributed by atoms with Crippen LogP contribution in [0.15, 0.2) is 60.7 Å². The van der Waals surface area contributed by atoms with E-state index in [2.05, 4.69) is 35.1 Å². The Morgan fingerprint density at radius 1 is 1.00 bits per heavy atom. The number of rotatable bonds is 13. The minimum Gasteiger partial charge on any atom is -0.445 e. The van der Waals surface area contributed by atoms with E-state index in [0.29, 0.717) is 12.5 Å². The number of hydrogen-bond donors (Lipinski definition) is 5. The standard InChI is InChI=1S/C31H44N4O6/c1-21(2)15-16-32-28(36)25-19-41-31(39,20-33-25)26(17-23-11-7-5-8-12-23)34-29(37)27(22(3)4)35-30(38)40-18-24-13-9-6-10-14-24/h5-14,21-22,25-27,33,39H,15-20H2,1-4H3,(H,32,36)(H,34,37)(H,35,38)/t25?,26?,27-,31?/m0/s1. The number of carbonyl (C=O) groups excluding carboxylic acids is 3. The van der Waals surface area contributed by atoms with Crippen molar-refractivity contribution >= 4 is 17.9 Å². The summed E-state index contributed by atoms with van der Waals surface area (Å²) in [6.45, 7) is 8.28. The van der Waals surface area contributed by atoms with Crippen molar-refractivity contribution in [3.63, 3.8) is 0 Å². The van der Waals surface area contributed by atoms with E-state index in [4.69, 9.17) is 9.47 Å². The van der Waals surface area contributed by atoms with E-state index in [1.54, 1.807) is 0 Å². The quantitative estimate of drug-likeness (QED) is 0.250. The third-order valence-electron chi connectivity index (χ3n) is 7.02. The molecule has 5 N–H and O–H groups in total. The minimum absolute atomic E-state index is 0.0666. The third kappa shape index (κ3) is 10.1. The number of morpholine rings is 1. The molecule has 3 amide bonds. The summed E-state index contributed by atoms with van der Waals surface area (Å²) >= 11 is 0. The van der Waals surface area contributed by atoms with E-state index in [9.17, 15) is 19.5 Å². The summed E-state index contributed by atoms with van der Waals surface area (Å²) in [5, 5.41) is 23.1. The number of amides is 3. The molecule has 3 rings (SSSR count). The van der Waals surface area contributed by atoms with Gasteiger partial charge in [-0.25, -0.2) is 4.79 Å². The molecule has 0 aromatic heterocycles. The van der Waals surface area contributed by atoms with Gasteiger partial charge in [-0.1, -0.05) is 88.4 Å². The van der Waals surface area contributed by atoms with Crippen molar-refractivity contribution in [1.82, 2.24) is 21.3 Å². The molecule has 0 saturated carbocycles. The van der Waals surface area contributed by atoms with E-state index >= 15 is 0 Å². The Bertz CT molecular complexity index is 1100. The molecule has 1 saturated heterocycles. The normalized spacial score (nSPS) is 20.2. The van der Waals surface area contributed by atoms with Crippen molar-refractivity contribution in [3.8, 4) is 0 Å². The fraction of sp³-hybridized carbons (Fsp3) is 0.516. The van der Waals surface area contributed by atoms with Crippen molar-refractivity contribution in [3.05, 3.63) is 71.8 Å². The first-order chi connectivity index (χ1) is 19.6. The molecule has 10 heteroatoms. The van der Waals surface area contributed by atoms with Crippen LogP contribution in [0.25, 0.3) is 0 Å². The zero-order chi connectivity index (χ0) is 29.8. The lowest BCUT2D eigenvalue weighted by Gasteiger charge is -2.42. The summed E-state index contributed by atoms with van der Waals surface area (Å²) in [6, 6.07) is 16.2. The second-order valence-corrected chi connectivity index (χ2v) is 11.2.